The molecule has 4 heteroatoms. The Morgan fingerprint density at radius 2 is 1.00 bits per heavy atom. The molecule has 0 aromatic carbocycles. The first-order valence-electron chi connectivity index (χ1n) is 2.92. The van der Waals surface area contributed by atoms with Gasteiger partial charge < -0.3 is 11.5 Å². The normalized spacial score (nSPS) is 12.0. The van der Waals surface area contributed by atoms with E-state index < -0.39 is 0 Å². The summed E-state index contributed by atoms with van der Waals surface area (Å²) in [4.78, 5) is 7.17. The van der Waals surface area contributed by atoms with E-state index in [1.165, 1.54) is 0 Å². The maximum Gasteiger partial charge on any atom is 0.0902 e. The van der Waals surface area contributed by atoms with Gasteiger partial charge in [0.2, 0.25) is 0 Å². The Hall–Kier alpha value is -1.06. The highest BCUT2D eigenvalue weighted by Crippen LogP contribution is 1.52. The molecule has 0 aliphatic heterocycles. The van der Waals surface area contributed by atoms with E-state index in [2.05, 4.69) is 9.98 Å². The van der Waals surface area contributed by atoms with Crippen LogP contribution in [0.15, 0.2) is 9.98 Å². The number of aliphatic imine (C=N–C) groups is 2. The summed E-state index contributed by atoms with van der Waals surface area (Å²) in [6.45, 7) is 3.50. The molecule has 0 spiro atoms. The largest absolute Gasteiger partial charge is 0.388 e. The molecule has 4 N–H and O–H groups in total. The average molecular weight is 144 g/mol. The Labute approximate surface area is 62.0 Å². The van der Waals surface area contributed by atoms with Crippen LogP contribution in [0, 0.1) is 0 Å². The first-order chi connectivity index (χ1) is 4.54. The Bertz CT molecular complexity index is 102. The van der Waals surface area contributed by atoms with Gasteiger partial charge in [0.15, 0.2) is 0 Å². The fourth-order valence-corrected chi connectivity index (χ4v) is 0. The van der Waals surface area contributed by atoms with E-state index in [1.807, 2.05) is 0 Å². The highest BCUT2D eigenvalue weighted by atomic mass is 14.8. The Balaban J connectivity index is 0. The minimum atomic E-state index is 0.630. The van der Waals surface area contributed by atoms with E-state index in [1.54, 1.807) is 27.9 Å². The second-order valence-corrected chi connectivity index (χ2v) is 1.73. The summed E-state index contributed by atoms with van der Waals surface area (Å²) < 4.78 is 0. The maximum absolute atomic E-state index is 5.04. The Kier molecular flexibility index (Phi) is 9.29. The van der Waals surface area contributed by atoms with E-state index in [-0.39, 0.29) is 0 Å². The number of amidine groups is 2. The smallest absolute Gasteiger partial charge is 0.0902 e. The van der Waals surface area contributed by atoms with Gasteiger partial charge in [-0.1, -0.05) is 0 Å². The van der Waals surface area contributed by atoms with Gasteiger partial charge in [-0.15, -0.1) is 0 Å². The van der Waals surface area contributed by atoms with Crippen LogP contribution in [0.5, 0.6) is 0 Å². The van der Waals surface area contributed by atoms with Crippen molar-refractivity contribution >= 4 is 11.7 Å². The van der Waals surface area contributed by atoms with E-state index in [9.17, 15) is 0 Å². The van der Waals surface area contributed by atoms with Crippen molar-refractivity contribution in [3.05, 3.63) is 0 Å². The molecular weight excluding hydrogens is 128 g/mol. The molecule has 0 radical (unpaired) electrons. The van der Waals surface area contributed by atoms with E-state index in [4.69, 9.17) is 11.5 Å². The highest BCUT2D eigenvalue weighted by Gasteiger charge is 1.62. The molecule has 0 fully saturated rings. The van der Waals surface area contributed by atoms with Gasteiger partial charge in [-0.2, -0.15) is 0 Å². The second-order valence-electron chi connectivity index (χ2n) is 1.73. The summed E-state index contributed by atoms with van der Waals surface area (Å²) in [6.07, 6.45) is 0. The third kappa shape index (κ3) is 28.3. The second kappa shape index (κ2) is 7.94. The lowest BCUT2D eigenvalue weighted by molar-refractivity contribution is 1.38. The number of nitrogens with zero attached hydrogens (tertiary/aromatic N) is 2. The molecule has 0 heterocycles. The molecule has 0 unspecified atom stereocenters. The lowest BCUT2D eigenvalue weighted by atomic mass is 10.7. The van der Waals surface area contributed by atoms with Crippen LogP contribution < -0.4 is 11.5 Å². The van der Waals surface area contributed by atoms with Gasteiger partial charge >= 0.3 is 0 Å². The SMILES string of the molecule is CN=C(C)N.CN=C(C)N. The van der Waals surface area contributed by atoms with Crippen LogP contribution in [0.1, 0.15) is 13.8 Å². The molecule has 10 heavy (non-hydrogen) atoms. The molecule has 0 saturated heterocycles. The minimum Gasteiger partial charge on any atom is -0.388 e. The maximum atomic E-state index is 5.04. The highest BCUT2D eigenvalue weighted by molar-refractivity contribution is 5.77. The molecule has 60 valence electrons. The molecule has 0 rings (SSSR count). The predicted molar refractivity (Wildman–Crippen MR) is 46.4 cm³/mol. The van der Waals surface area contributed by atoms with Crippen molar-refractivity contribution in [3.8, 4) is 0 Å². The van der Waals surface area contributed by atoms with Crippen LogP contribution in [0.4, 0.5) is 0 Å². The van der Waals surface area contributed by atoms with Crippen LogP contribution in [-0.2, 0) is 0 Å². The summed E-state index contributed by atoms with van der Waals surface area (Å²) in [5.41, 5.74) is 10.1. The Morgan fingerprint density at radius 3 is 1.00 bits per heavy atom. The zero-order valence-electron chi connectivity index (χ0n) is 7.05. The van der Waals surface area contributed by atoms with Crippen molar-refractivity contribution in [2.24, 2.45) is 21.5 Å². The molecule has 0 amide bonds. The third-order valence-electron chi connectivity index (χ3n) is 0.705. The summed E-state index contributed by atoms with van der Waals surface area (Å²) >= 11 is 0. The molecule has 0 atom stereocenters. The van der Waals surface area contributed by atoms with Gasteiger partial charge in [0.1, 0.15) is 0 Å². The summed E-state index contributed by atoms with van der Waals surface area (Å²) in [5.74, 6) is 1.26. The zero-order chi connectivity index (χ0) is 8.57. The van der Waals surface area contributed by atoms with Gasteiger partial charge in [-0.3, -0.25) is 9.98 Å². The summed E-state index contributed by atoms with van der Waals surface area (Å²) in [6, 6.07) is 0. The molecule has 0 saturated carbocycles. The monoisotopic (exact) mass is 144 g/mol. The first kappa shape index (κ1) is 11.7. The number of nitrogens with two attached hydrogens (primary N) is 2. The van der Waals surface area contributed by atoms with Crippen molar-refractivity contribution in [1.82, 2.24) is 0 Å². The molecule has 4 nitrogen and oxygen atoms in total. The van der Waals surface area contributed by atoms with Crippen molar-refractivity contribution < 1.29 is 0 Å². The fraction of sp³-hybridized carbons (Fsp3) is 0.667. The standard InChI is InChI=1S/2C3H8N2/c2*1-3(4)5-2/h2*1-2H3,(H2,4,5). The fourth-order valence-electron chi connectivity index (χ4n) is 0. The van der Waals surface area contributed by atoms with Gasteiger partial charge in [0, 0.05) is 14.1 Å². The molecule has 0 aromatic heterocycles. The lowest BCUT2D eigenvalue weighted by Gasteiger charge is -1.76. The van der Waals surface area contributed by atoms with Crippen molar-refractivity contribution in [1.29, 1.82) is 0 Å². The van der Waals surface area contributed by atoms with Gasteiger partial charge in [-0.05, 0) is 13.8 Å². The van der Waals surface area contributed by atoms with E-state index in [0.29, 0.717) is 11.7 Å². The topological polar surface area (TPSA) is 76.8 Å². The molecule has 0 aromatic rings. The van der Waals surface area contributed by atoms with Crippen LogP contribution in [0.3, 0.4) is 0 Å². The minimum absolute atomic E-state index is 0.630. The molecule has 0 aliphatic rings. The quantitative estimate of drug-likeness (QED) is 0.370. The number of hydrogen-bond donors (Lipinski definition) is 2. The van der Waals surface area contributed by atoms with E-state index >= 15 is 0 Å². The Morgan fingerprint density at radius 1 is 0.900 bits per heavy atom. The lowest BCUT2D eigenvalue weighted by Crippen LogP contribution is -2.03. The predicted octanol–water partition coefficient (Wildman–Crippen LogP) is -0.0134. The van der Waals surface area contributed by atoms with Crippen molar-refractivity contribution in [2.45, 2.75) is 13.8 Å². The summed E-state index contributed by atoms with van der Waals surface area (Å²) in [5, 5.41) is 0. The van der Waals surface area contributed by atoms with Crippen LogP contribution in [-0.4, -0.2) is 25.8 Å². The molecular formula is C6H16N4. The third-order valence-corrected chi connectivity index (χ3v) is 0.705. The van der Waals surface area contributed by atoms with Crippen LogP contribution in [0.25, 0.3) is 0 Å². The van der Waals surface area contributed by atoms with Gasteiger partial charge in [-0.25, -0.2) is 0 Å². The van der Waals surface area contributed by atoms with Crippen molar-refractivity contribution in [2.75, 3.05) is 14.1 Å². The first-order valence-corrected chi connectivity index (χ1v) is 2.92. The van der Waals surface area contributed by atoms with Crippen molar-refractivity contribution in [3.63, 3.8) is 0 Å². The zero-order valence-corrected chi connectivity index (χ0v) is 7.05. The number of hydrogen-bond acceptors (Lipinski definition) is 2. The van der Waals surface area contributed by atoms with E-state index in [0.717, 1.165) is 0 Å². The number of rotatable bonds is 0. The van der Waals surface area contributed by atoms with Gasteiger partial charge in [0.05, 0.1) is 11.7 Å². The average Bonchev–Trinajstić information content (AvgIpc) is 1.89. The molecule has 0 bridgehead atoms. The van der Waals surface area contributed by atoms with Crippen LogP contribution >= 0.6 is 0 Å². The van der Waals surface area contributed by atoms with Crippen LogP contribution in [0.2, 0.25) is 0 Å². The summed E-state index contributed by atoms with van der Waals surface area (Å²) in [7, 11) is 3.32. The van der Waals surface area contributed by atoms with Gasteiger partial charge in [0.25, 0.3) is 0 Å². The molecule has 0 aliphatic carbocycles.